The molecule has 1 aromatic rings. The summed E-state index contributed by atoms with van der Waals surface area (Å²) in [5.74, 6) is 4.59. The second kappa shape index (κ2) is 5.94. The van der Waals surface area contributed by atoms with E-state index in [9.17, 15) is 9.59 Å². The number of carbonyl (C=O) groups is 2. The van der Waals surface area contributed by atoms with E-state index in [4.69, 9.17) is 14.2 Å². The van der Waals surface area contributed by atoms with Crippen LogP contribution in [0.3, 0.4) is 0 Å². The second-order valence-electron chi connectivity index (χ2n) is 7.44. The monoisotopic (exact) mass is 354 g/mol. The molecule has 2 heterocycles. The van der Waals surface area contributed by atoms with Gasteiger partial charge in [-0.05, 0) is 26.0 Å². The molecule has 1 saturated carbocycles. The summed E-state index contributed by atoms with van der Waals surface area (Å²) >= 11 is 0. The highest BCUT2D eigenvalue weighted by atomic mass is 16.6. The summed E-state index contributed by atoms with van der Waals surface area (Å²) in [6.07, 6.45) is 0.0382. The fourth-order valence-corrected chi connectivity index (χ4v) is 4.88. The van der Waals surface area contributed by atoms with Gasteiger partial charge in [0.2, 0.25) is 0 Å². The van der Waals surface area contributed by atoms with Crippen LogP contribution in [0.5, 0.6) is 5.75 Å². The number of ketones is 2. The molecule has 26 heavy (non-hydrogen) atoms. The molecule has 6 atom stereocenters. The maximum atomic E-state index is 13.2. The van der Waals surface area contributed by atoms with E-state index >= 15 is 0 Å². The predicted molar refractivity (Wildman–Crippen MR) is 94.0 cm³/mol. The van der Waals surface area contributed by atoms with Gasteiger partial charge < -0.3 is 14.2 Å². The molecule has 5 nitrogen and oxygen atoms in total. The van der Waals surface area contributed by atoms with Crippen molar-refractivity contribution in [3.63, 3.8) is 0 Å². The molecule has 4 rings (SSSR count). The summed E-state index contributed by atoms with van der Waals surface area (Å²) in [4.78, 5) is 26.4. The van der Waals surface area contributed by atoms with Gasteiger partial charge in [-0.2, -0.15) is 0 Å². The zero-order chi connectivity index (χ0) is 18.6. The Bertz CT molecular complexity index is 848. The zero-order valence-electron chi connectivity index (χ0n) is 15.4. The quantitative estimate of drug-likeness (QED) is 0.615. The molecule has 2 bridgehead atoms. The van der Waals surface area contributed by atoms with Crippen LogP contribution in [0, 0.1) is 23.7 Å². The number of hydrogen-bond acceptors (Lipinski definition) is 5. The molecule has 2 saturated heterocycles. The van der Waals surface area contributed by atoms with Gasteiger partial charge in [0.05, 0.1) is 36.8 Å². The van der Waals surface area contributed by atoms with Crippen molar-refractivity contribution in [1.82, 2.24) is 0 Å². The van der Waals surface area contributed by atoms with Crippen LogP contribution >= 0.6 is 0 Å². The summed E-state index contributed by atoms with van der Waals surface area (Å²) < 4.78 is 17.1. The van der Waals surface area contributed by atoms with Gasteiger partial charge in [-0.15, -0.1) is 5.92 Å². The van der Waals surface area contributed by atoms with Gasteiger partial charge in [-0.3, -0.25) is 9.59 Å². The van der Waals surface area contributed by atoms with Crippen molar-refractivity contribution >= 4 is 11.6 Å². The van der Waals surface area contributed by atoms with Crippen molar-refractivity contribution in [1.29, 1.82) is 0 Å². The van der Waals surface area contributed by atoms with Crippen LogP contribution in [0.25, 0.3) is 0 Å². The van der Waals surface area contributed by atoms with Gasteiger partial charge >= 0.3 is 0 Å². The van der Waals surface area contributed by atoms with Gasteiger partial charge in [0.1, 0.15) is 11.7 Å². The van der Waals surface area contributed by atoms with Crippen molar-refractivity contribution in [2.45, 2.75) is 44.0 Å². The van der Waals surface area contributed by atoms with Crippen LogP contribution in [-0.4, -0.2) is 43.6 Å². The van der Waals surface area contributed by atoms with Gasteiger partial charge in [-0.1, -0.05) is 12.0 Å². The van der Waals surface area contributed by atoms with E-state index in [1.54, 1.807) is 33.3 Å². The standard InChI is InChI=1S/C21H22O5/c1-5-6-11-7-8-12(13(9-11)24-3)15-18(22)16-14-10-21(2,25-4)20(26-14)17(16)19(15)23/h7-9,14-17,20H,10H2,1-4H3/t14-,15?,16-,17+,20-,21-/m0/s1. The first kappa shape index (κ1) is 17.3. The van der Waals surface area contributed by atoms with Crippen molar-refractivity contribution in [3.8, 4) is 17.6 Å². The van der Waals surface area contributed by atoms with Crippen LogP contribution in [0.2, 0.25) is 0 Å². The Labute approximate surface area is 153 Å². The molecule has 5 heteroatoms. The normalized spacial score (nSPS) is 37.5. The topological polar surface area (TPSA) is 61.8 Å². The first-order valence-electron chi connectivity index (χ1n) is 8.84. The average molecular weight is 354 g/mol. The number of methoxy groups -OCH3 is 2. The Balaban J connectivity index is 1.73. The molecule has 136 valence electrons. The molecule has 0 N–H and O–H groups in total. The minimum absolute atomic E-state index is 0.0571. The van der Waals surface area contributed by atoms with Crippen LogP contribution in [0.15, 0.2) is 18.2 Å². The van der Waals surface area contributed by atoms with E-state index < -0.39 is 17.4 Å². The largest absolute Gasteiger partial charge is 0.496 e. The number of Topliss-reactive ketones (excluding diaryl/α,β-unsaturated/α-hetero) is 2. The van der Waals surface area contributed by atoms with E-state index in [0.29, 0.717) is 17.7 Å². The molecular formula is C21H22O5. The smallest absolute Gasteiger partial charge is 0.154 e. The maximum Gasteiger partial charge on any atom is 0.154 e. The second-order valence-corrected chi connectivity index (χ2v) is 7.44. The van der Waals surface area contributed by atoms with E-state index in [1.807, 2.05) is 13.0 Å². The molecule has 0 spiro atoms. The highest BCUT2D eigenvalue weighted by Crippen LogP contribution is 2.57. The zero-order valence-corrected chi connectivity index (χ0v) is 15.4. The van der Waals surface area contributed by atoms with Crippen molar-refractivity contribution in [2.75, 3.05) is 14.2 Å². The van der Waals surface area contributed by atoms with Crippen LogP contribution in [0.4, 0.5) is 0 Å². The molecule has 0 radical (unpaired) electrons. The Morgan fingerprint density at radius 1 is 1.19 bits per heavy atom. The molecule has 2 aliphatic heterocycles. The summed E-state index contributed by atoms with van der Waals surface area (Å²) in [7, 11) is 3.18. The van der Waals surface area contributed by atoms with Gasteiger partial charge in [-0.25, -0.2) is 0 Å². The lowest BCUT2D eigenvalue weighted by molar-refractivity contribution is -0.130. The lowest BCUT2D eigenvalue weighted by Gasteiger charge is -2.34. The molecule has 1 aromatic carbocycles. The fraction of sp³-hybridized carbons (Fsp3) is 0.524. The fourth-order valence-electron chi connectivity index (χ4n) is 4.88. The van der Waals surface area contributed by atoms with Gasteiger partial charge in [0.25, 0.3) is 0 Å². The number of benzene rings is 1. The first-order chi connectivity index (χ1) is 12.4. The van der Waals surface area contributed by atoms with Crippen LogP contribution in [-0.2, 0) is 19.1 Å². The first-order valence-corrected chi connectivity index (χ1v) is 8.84. The predicted octanol–water partition coefficient (Wildman–Crippen LogP) is 2.11. The highest BCUT2D eigenvalue weighted by molar-refractivity contribution is 6.17. The molecule has 3 fully saturated rings. The Morgan fingerprint density at radius 2 is 1.92 bits per heavy atom. The van der Waals surface area contributed by atoms with Crippen molar-refractivity contribution in [3.05, 3.63) is 29.3 Å². The number of hydrogen-bond donors (Lipinski definition) is 0. The van der Waals surface area contributed by atoms with E-state index in [-0.39, 0.29) is 29.7 Å². The van der Waals surface area contributed by atoms with Crippen molar-refractivity contribution in [2.24, 2.45) is 11.8 Å². The summed E-state index contributed by atoms with van der Waals surface area (Å²) in [6, 6.07) is 5.40. The molecule has 1 aliphatic carbocycles. The van der Waals surface area contributed by atoms with Crippen molar-refractivity contribution < 1.29 is 23.8 Å². The lowest BCUT2D eigenvalue weighted by Crippen LogP contribution is -2.47. The average Bonchev–Trinajstić information content (AvgIpc) is 3.25. The SMILES string of the molecule is CC#Cc1ccc(C2C(=O)[C@@H]3[C@H](C2=O)[C@@H]2O[C@H]3C[C@]2(C)OC)c(OC)c1. The van der Waals surface area contributed by atoms with Gasteiger partial charge in [0.15, 0.2) is 11.6 Å². The highest BCUT2D eigenvalue weighted by Gasteiger charge is 2.69. The summed E-state index contributed by atoms with van der Waals surface area (Å²) in [6.45, 7) is 3.71. The van der Waals surface area contributed by atoms with E-state index in [0.717, 1.165) is 5.56 Å². The Hall–Kier alpha value is -2.16. The molecule has 0 aromatic heterocycles. The van der Waals surface area contributed by atoms with Crippen LogP contribution in [0.1, 0.15) is 37.3 Å². The maximum absolute atomic E-state index is 13.2. The number of ether oxygens (including phenoxy) is 3. The lowest BCUT2D eigenvalue weighted by atomic mass is 9.73. The summed E-state index contributed by atoms with van der Waals surface area (Å²) in [5, 5.41) is 0. The third kappa shape index (κ3) is 2.19. The Kier molecular flexibility index (Phi) is 3.94. The number of fused-ring (bicyclic) bond motifs is 5. The summed E-state index contributed by atoms with van der Waals surface area (Å²) in [5.41, 5.74) is 0.903. The minimum Gasteiger partial charge on any atom is -0.496 e. The van der Waals surface area contributed by atoms with E-state index in [2.05, 4.69) is 11.8 Å². The number of carbonyl (C=O) groups excluding carboxylic acids is 2. The number of rotatable bonds is 3. The molecular weight excluding hydrogens is 332 g/mol. The van der Waals surface area contributed by atoms with E-state index in [1.165, 1.54) is 0 Å². The third-order valence-electron chi connectivity index (χ3n) is 6.15. The van der Waals surface area contributed by atoms with Crippen LogP contribution < -0.4 is 4.74 Å². The minimum atomic E-state index is -0.795. The molecule has 1 unspecified atom stereocenters. The Morgan fingerprint density at radius 3 is 2.58 bits per heavy atom. The third-order valence-corrected chi connectivity index (χ3v) is 6.15. The van der Waals surface area contributed by atoms with Gasteiger partial charge in [0, 0.05) is 24.7 Å². The molecule has 0 amide bonds. The molecule has 3 aliphatic rings.